The van der Waals surface area contributed by atoms with E-state index in [1.165, 1.54) is 5.56 Å². The first-order chi connectivity index (χ1) is 8.24. The van der Waals surface area contributed by atoms with Crippen LogP contribution in [0.1, 0.15) is 19.4 Å². The largest absolute Gasteiger partial charge is 0.305 e. The average molecular weight is 227 g/mol. The van der Waals surface area contributed by atoms with Crippen LogP contribution in [0.3, 0.4) is 0 Å². The van der Waals surface area contributed by atoms with E-state index in [0.717, 1.165) is 12.1 Å². The lowest BCUT2D eigenvalue weighted by Crippen LogP contribution is -2.34. The second-order valence-electron chi connectivity index (χ2n) is 4.27. The summed E-state index contributed by atoms with van der Waals surface area (Å²) in [5, 5.41) is 0. The number of amides is 1. The molecule has 0 saturated heterocycles. The summed E-state index contributed by atoms with van der Waals surface area (Å²) in [6.45, 7) is 4.02. The van der Waals surface area contributed by atoms with Crippen molar-refractivity contribution >= 4 is 11.6 Å². The molecule has 17 heavy (non-hydrogen) atoms. The van der Waals surface area contributed by atoms with Gasteiger partial charge in [-0.1, -0.05) is 36.4 Å². The summed E-state index contributed by atoms with van der Waals surface area (Å²) in [6, 6.07) is 8.35. The maximum Gasteiger partial charge on any atom is 0.251 e. The molecule has 0 aromatic heterocycles. The molecule has 2 nitrogen and oxygen atoms in total. The molecule has 2 rings (SSSR count). The molecular weight excluding hydrogens is 210 g/mol. The molecule has 0 radical (unpaired) electrons. The van der Waals surface area contributed by atoms with E-state index in [9.17, 15) is 4.79 Å². The van der Waals surface area contributed by atoms with Crippen molar-refractivity contribution in [2.45, 2.75) is 26.3 Å². The number of nitrogens with zero attached hydrogens (tertiary/aromatic N) is 1. The van der Waals surface area contributed by atoms with Gasteiger partial charge in [-0.25, -0.2) is 0 Å². The molecule has 1 unspecified atom stereocenters. The van der Waals surface area contributed by atoms with Gasteiger partial charge in [0.05, 0.1) is 0 Å². The Bertz CT molecular complexity index is 474. The van der Waals surface area contributed by atoms with Gasteiger partial charge in [0.2, 0.25) is 0 Å². The quantitative estimate of drug-likeness (QED) is 0.561. The average Bonchev–Trinajstić information content (AvgIpc) is 2.65. The van der Waals surface area contributed by atoms with Crippen molar-refractivity contribution in [1.82, 2.24) is 0 Å². The van der Waals surface area contributed by atoms with E-state index in [0.29, 0.717) is 0 Å². The number of rotatable bonds is 2. The number of hydrogen-bond donors (Lipinski definition) is 0. The molecule has 0 aliphatic carbocycles. The molecular formula is C15H17NO. The van der Waals surface area contributed by atoms with E-state index in [2.05, 4.69) is 13.0 Å². The zero-order valence-electron chi connectivity index (χ0n) is 10.3. The highest BCUT2D eigenvalue weighted by atomic mass is 16.2. The van der Waals surface area contributed by atoms with Crippen molar-refractivity contribution in [2.24, 2.45) is 0 Å². The fraction of sp³-hybridized carbons (Fsp3) is 0.267. The predicted octanol–water partition coefficient (Wildman–Crippen LogP) is 3.10. The van der Waals surface area contributed by atoms with Crippen molar-refractivity contribution < 1.29 is 4.79 Å². The first-order valence-electron chi connectivity index (χ1n) is 5.94. The van der Waals surface area contributed by atoms with Gasteiger partial charge >= 0.3 is 0 Å². The van der Waals surface area contributed by atoms with Gasteiger partial charge in [-0.15, -0.1) is 0 Å². The van der Waals surface area contributed by atoms with Crippen LogP contribution < -0.4 is 4.90 Å². The predicted molar refractivity (Wildman–Crippen MR) is 71.0 cm³/mol. The third-order valence-corrected chi connectivity index (χ3v) is 2.99. The van der Waals surface area contributed by atoms with E-state index in [1.807, 2.05) is 42.2 Å². The lowest BCUT2D eigenvalue weighted by molar-refractivity contribution is -0.114. The van der Waals surface area contributed by atoms with Crippen LogP contribution in [0.4, 0.5) is 5.69 Å². The van der Waals surface area contributed by atoms with Crippen molar-refractivity contribution in [3.05, 3.63) is 54.1 Å². The summed E-state index contributed by atoms with van der Waals surface area (Å²) in [7, 11) is 0. The van der Waals surface area contributed by atoms with Gasteiger partial charge in [0.15, 0.2) is 0 Å². The molecule has 0 N–H and O–H groups in total. The third-order valence-electron chi connectivity index (χ3n) is 2.99. The molecule has 1 atom stereocenters. The minimum Gasteiger partial charge on any atom is -0.305 e. The fourth-order valence-electron chi connectivity index (χ4n) is 2.23. The van der Waals surface area contributed by atoms with Crippen LogP contribution in [-0.2, 0) is 11.2 Å². The minimum atomic E-state index is 0.0561. The number of para-hydroxylation sites is 1. The molecule has 2 heteroatoms. The van der Waals surface area contributed by atoms with Crippen molar-refractivity contribution in [3.63, 3.8) is 0 Å². The highest BCUT2D eigenvalue weighted by Gasteiger charge is 2.28. The number of anilines is 1. The molecule has 0 saturated carbocycles. The molecule has 1 heterocycles. The lowest BCUT2D eigenvalue weighted by Gasteiger charge is -2.20. The van der Waals surface area contributed by atoms with E-state index >= 15 is 0 Å². The number of carbonyl (C=O) groups excluding carboxylic acids is 1. The van der Waals surface area contributed by atoms with Gasteiger partial charge in [-0.3, -0.25) is 4.79 Å². The zero-order chi connectivity index (χ0) is 12.3. The van der Waals surface area contributed by atoms with Crippen LogP contribution in [0.25, 0.3) is 0 Å². The van der Waals surface area contributed by atoms with E-state index in [1.54, 1.807) is 12.2 Å². The number of allylic oxidation sites excluding steroid dienone is 3. The highest BCUT2D eigenvalue weighted by Crippen LogP contribution is 2.31. The summed E-state index contributed by atoms with van der Waals surface area (Å²) < 4.78 is 0. The first-order valence-corrected chi connectivity index (χ1v) is 5.94. The molecule has 0 bridgehead atoms. The SMILES string of the molecule is C/C=C/C=C/C(=O)N1c2ccccc2CC1C. The van der Waals surface area contributed by atoms with Gasteiger partial charge < -0.3 is 4.90 Å². The fourth-order valence-corrected chi connectivity index (χ4v) is 2.23. The van der Waals surface area contributed by atoms with Crippen LogP contribution in [-0.4, -0.2) is 11.9 Å². The van der Waals surface area contributed by atoms with Crippen molar-refractivity contribution in [2.75, 3.05) is 4.90 Å². The Labute approximate surface area is 102 Å². The Hall–Kier alpha value is -1.83. The third kappa shape index (κ3) is 2.31. The van der Waals surface area contributed by atoms with Crippen molar-refractivity contribution in [3.8, 4) is 0 Å². The smallest absolute Gasteiger partial charge is 0.251 e. The van der Waals surface area contributed by atoms with Crippen LogP contribution in [0.2, 0.25) is 0 Å². The van der Waals surface area contributed by atoms with E-state index in [-0.39, 0.29) is 11.9 Å². The Morgan fingerprint density at radius 2 is 2.12 bits per heavy atom. The highest BCUT2D eigenvalue weighted by molar-refractivity contribution is 6.03. The molecule has 1 aliphatic heterocycles. The first kappa shape index (κ1) is 11.6. The zero-order valence-corrected chi connectivity index (χ0v) is 10.3. The molecule has 0 fully saturated rings. The molecule has 1 amide bonds. The Balaban J connectivity index is 2.24. The minimum absolute atomic E-state index is 0.0561. The lowest BCUT2D eigenvalue weighted by atomic mass is 10.1. The molecule has 1 aromatic rings. The topological polar surface area (TPSA) is 20.3 Å². The maximum atomic E-state index is 12.1. The van der Waals surface area contributed by atoms with Gasteiger partial charge in [-0.05, 0) is 31.9 Å². The monoisotopic (exact) mass is 227 g/mol. The van der Waals surface area contributed by atoms with Gasteiger partial charge in [0, 0.05) is 17.8 Å². The normalized spacial score (nSPS) is 19.2. The van der Waals surface area contributed by atoms with Crippen LogP contribution in [0.15, 0.2) is 48.6 Å². The van der Waals surface area contributed by atoms with E-state index in [4.69, 9.17) is 0 Å². The number of carbonyl (C=O) groups is 1. The standard InChI is InChI=1S/C15H17NO/c1-3-4-5-10-15(17)16-12(2)11-13-8-6-7-9-14(13)16/h3-10,12H,11H2,1-2H3/b4-3+,10-5+. The number of fused-ring (bicyclic) bond motifs is 1. The molecule has 1 aliphatic rings. The number of hydrogen-bond acceptors (Lipinski definition) is 1. The van der Waals surface area contributed by atoms with Gasteiger partial charge in [0.1, 0.15) is 0 Å². The van der Waals surface area contributed by atoms with Crippen LogP contribution in [0, 0.1) is 0 Å². The van der Waals surface area contributed by atoms with Crippen molar-refractivity contribution in [1.29, 1.82) is 0 Å². The molecule has 1 aromatic carbocycles. The summed E-state index contributed by atoms with van der Waals surface area (Å²) in [6.07, 6.45) is 8.13. The summed E-state index contributed by atoms with van der Waals surface area (Å²) in [5.41, 5.74) is 2.31. The van der Waals surface area contributed by atoms with Gasteiger partial charge in [-0.2, -0.15) is 0 Å². The Kier molecular flexibility index (Phi) is 3.43. The van der Waals surface area contributed by atoms with Crippen LogP contribution >= 0.6 is 0 Å². The van der Waals surface area contributed by atoms with Gasteiger partial charge in [0.25, 0.3) is 5.91 Å². The second-order valence-corrected chi connectivity index (χ2v) is 4.27. The summed E-state index contributed by atoms with van der Waals surface area (Å²) in [5.74, 6) is 0.0561. The Morgan fingerprint density at radius 1 is 1.35 bits per heavy atom. The second kappa shape index (κ2) is 5.00. The molecule has 88 valence electrons. The summed E-state index contributed by atoms with van der Waals surface area (Å²) in [4.78, 5) is 14.0. The number of benzene rings is 1. The Morgan fingerprint density at radius 3 is 2.88 bits per heavy atom. The van der Waals surface area contributed by atoms with E-state index < -0.39 is 0 Å². The maximum absolute atomic E-state index is 12.1. The van der Waals surface area contributed by atoms with Crippen LogP contribution in [0.5, 0.6) is 0 Å². The summed E-state index contributed by atoms with van der Waals surface area (Å²) >= 11 is 0. The molecule has 0 spiro atoms.